The zero-order valence-electron chi connectivity index (χ0n) is 12.1. The molecule has 0 heterocycles. The van der Waals surface area contributed by atoms with E-state index in [1.165, 1.54) is 23.1 Å². The summed E-state index contributed by atoms with van der Waals surface area (Å²) in [6.07, 6.45) is 3.17. The molecule has 0 fully saturated rings. The molecule has 0 saturated carbocycles. The Morgan fingerprint density at radius 2 is 2.00 bits per heavy atom. The molecule has 1 unspecified atom stereocenters. The Morgan fingerprint density at radius 3 is 2.61 bits per heavy atom. The zero-order valence-corrected chi connectivity index (χ0v) is 12.1. The van der Waals surface area contributed by atoms with E-state index in [9.17, 15) is 0 Å². The van der Waals surface area contributed by atoms with Crippen molar-refractivity contribution in [3.8, 4) is 11.8 Å². The van der Waals surface area contributed by atoms with Crippen molar-refractivity contribution in [2.24, 2.45) is 0 Å². The second-order valence-electron chi connectivity index (χ2n) is 4.90. The zero-order chi connectivity index (χ0) is 13.4. The van der Waals surface area contributed by atoms with Crippen LogP contribution in [0.15, 0.2) is 18.2 Å². The summed E-state index contributed by atoms with van der Waals surface area (Å²) in [4.78, 5) is 0. The highest BCUT2D eigenvalue weighted by atomic mass is 14.9. The van der Waals surface area contributed by atoms with Crippen LogP contribution in [0, 0.1) is 25.7 Å². The normalized spacial score (nSPS) is 11.8. The summed E-state index contributed by atoms with van der Waals surface area (Å²) in [6, 6.07) is 7.23. The Bertz CT molecular complexity index is 423. The van der Waals surface area contributed by atoms with Gasteiger partial charge in [0.05, 0.1) is 0 Å². The molecule has 1 aromatic rings. The number of hydrogen-bond acceptors (Lipinski definition) is 1. The first-order valence-electron chi connectivity index (χ1n) is 6.86. The summed E-state index contributed by atoms with van der Waals surface area (Å²) in [7, 11) is 0. The van der Waals surface area contributed by atoms with Gasteiger partial charge in [-0.25, -0.2) is 0 Å². The quantitative estimate of drug-likeness (QED) is 0.752. The van der Waals surface area contributed by atoms with Crippen LogP contribution in [0.1, 0.15) is 43.4 Å². The molecule has 0 bridgehead atoms. The fourth-order valence-electron chi connectivity index (χ4n) is 2.01. The predicted molar refractivity (Wildman–Crippen MR) is 79.8 cm³/mol. The molecule has 0 aliphatic heterocycles. The molecule has 0 spiro atoms. The van der Waals surface area contributed by atoms with E-state index in [2.05, 4.69) is 56.1 Å². The summed E-state index contributed by atoms with van der Waals surface area (Å²) in [5.74, 6) is 6.18. The second-order valence-corrected chi connectivity index (χ2v) is 4.90. The van der Waals surface area contributed by atoms with E-state index in [0.717, 1.165) is 19.4 Å². The Morgan fingerprint density at radius 1 is 1.22 bits per heavy atom. The van der Waals surface area contributed by atoms with E-state index in [4.69, 9.17) is 0 Å². The van der Waals surface area contributed by atoms with Gasteiger partial charge in [-0.1, -0.05) is 25.1 Å². The van der Waals surface area contributed by atoms with Gasteiger partial charge < -0.3 is 5.32 Å². The fourth-order valence-corrected chi connectivity index (χ4v) is 2.01. The van der Waals surface area contributed by atoms with E-state index in [1.807, 2.05) is 6.92 Å². The van der Waals surface area contributed by atoms with Crippen LogP contribution >= 0.6 is 0 Å². The van der Waals surface area contributed by atoms with E-state index in [-0.39, 0.29) is 0 Å². The first-order chi connectivity index (χ1) is 8.67. The van der Waals surface area contributed by atoms with Crippen LogP contribution in [0.25, 0.3) is 0 Å². The van der Waals surface area contributed by atoms with Crippen molar-refractivity contribution in [1.82, 2.24) is 5.32 Å². The van der Waals surface area contributed by atoms with E-state index in [1.54, 1.807) is 0 Å². The third-order valence-corrected chi connectivity index (χ3v) is 3.26. The monoisotopic (exact) mass is 243 g/mol. The van der Waals surface area contributed by atoms with Crippen LogP contribution in [0.5, 0.6) is 0 Å². The van der Waals surface area contributed by atoms with Crippen LogP contribution in [0.2, 0.25) is 0 Å². The molecule has 0 aromatic heterocycles. The molecule has 1 nitrogen and oxygen atoms in total. The van der Waals surface area contributed by atoms with Crippen molar-refractivity contribution in [3.05, 3.63) is 34.9 Å². The SMILES string of the molecule is CC#CCC(Cc1ccc(C)c(C)c1)NCCC. The molecule has 1 N–H and O–H groups in total. The van der Waals surface area contributed by atoms with Gasteiger partial charge >= 0.3 is 0 Å². The van der Waals surface area contributed by atoms with Gasteiger partial charge in [-0.2, -0.15) is 0 Å². The van der Waals surface area contributed by atoms with Crippen molar-refractivity contribution in [1.29, 1.82) is 0 Å². The number of rotatable bonds is 6. The standard InChI is InChI=1S/C17H25N/c1-5-7-8-17(18-11-6-2)13-16-10-9-14(3)15(4)12-16/h9-10,12,17-18H,6,8,11,13H2,1-4H3. The van der Waals surface area contributed by atoms with Crippen molar-refractivity contribution < 1.29 is 0 Å². The molecule has 0 aliphatic carbocycles. The highest BCUT2D eigenvalue weighted by Gasteiger charge is 2.07. The molecule has 1 atom stereocenters. The third-order valence-electron chi connectivity index (χ3n) is 3.26. The molecule has 18 heavy (non-hydrogen) atoms. The van der Waals surface area contributed by atoms with E-state index >= 15 is 0 Å². The maximum Gasteiger partial charge on any atom is 0.0246 e. The second kappa shape index (κ2) is 7.95. The van der Waals surface area contributed by atoms with Gasteiger partial charge in [0, 0.05) is 12.5 Å². The van der Waals surface area contributed by atoms with Gasteiger partial charge in [0.1, 0.15) is 0 Å². The van der Waals surface area contributed by atoms with Crippen molar-refractivity contribution in [2.75, 3.05) is 6.54 Å². The highest BCUT2D eigenvalue weighted by molar-refractivity contribution is 5.30. The first kappa shape index (κ1) is 14.8. The first-order valence-corrected chi connectivity index (χ1v) is 6.86. The van der Waals surface area contributed by atoms with Crippen LogP contribution in [-0.4, -0.2) is 12.6 Å². The smallest absolute Gasteiger partial charge is 0.0246 e. The van der Waals surface area contributed by atoms with E-state index < -0.39 is 0 Å². The highest BCUT2D eigenvalue weighted by Crippen LogP contribution is 2.12. The minimum Gasteiger partial charge on any atom is -0.313 e. The molecule has 1 rings (SSSR count). The molecule has 0 radical (unpaired) electrons. The summed E-state index contributed by atoms with van der Waals surface area (Å²) in [5.41, 5.74) is 4.15. The lowest BCUT2D eigenvalue weighted by atomic mass is 9.99. The van der Waals surface area contributed by atoms with Gasteiger partial charge in [0.25, 0.3) is 0 Å². The lowest BCUT2D eigenvalue weighted by Crippen LogP contribution is -2.31. The Balaban J connectivity index is 2.67. The average Bonchev–Trinajstić information content (AvgIpc) is 2.37. The maximum atomic E-state index is 3.58. The van der Waals surface area contributed by atoms with E-state index in [0.29, 0.717) is 6.04 Å². The topological polar surface area (TPSA) is 12.0 Å². The lowest BCUT2D eigenvalue weighted by Gasteiger charge is -2.16. The molecular weight excluding hydrogens is 218 g/mol. The summed E-state index contributed by atoms with van der Waals surface area (Å²) >= 11 is 0. The number of nitrogens with one attached hydrogen (secondary N) is 1. The van der Waals surface area contributed by atoms with Crippen LogP contribution < -0.4 is 5.32 Å². The van der Waals surface area contributed by atoms with Gasteiger partial charge in [-0.15, -0.1) is 11.8 Å². The van der Waals surface area contributed by atoms with Crippen molar-refractivity contribution in [2.45, 2.75) is 53.0 Å². The fraction of sp³-hybridized carbons (Fsp3) is 0.529. The minimum atomic E-state index is 0.472. The predicted octanol–water partition coefficient (Wildman–Crippen LogP) is 3.63. The summed E-state index contributed by atoms with van der Waals surface area (Å²) < 4.78 is 0. The number of hydrogen-bond donors (Lipinski definition) is 1. The van der Waals surface area contributed by atoms with Crippen molar-refractivity contribution in [3.63, 3.8) is 0 Å². The molecule has 1 heteroatoms. The van der Waals surface area contributed by atoms with Gasteiger partial charge in [-0.05, 0) is 56.8 Å². The number of aryl methyl sites for hydroxylation is 2. The maximum absolute atomic E-state index is 3.58. The Kier molecular flexibility index (Phi) is 6.54. The van der Waals surface area contributed by atoms with Gasteiger partial charge in [-0.3, -0.25) is 0 Å². The lowest BCUT2D eigenvalue weighted by molar-refractivity contribution is 0.517. The van der Waals surface area contributed by atoms with Gasteiger partial charge in [0.2, 0.25) is 0 Å². The third kappa shape index (κ3) is 4.94. The Hall–Kier alpha value is -1.26. The summed E-state index contributed by atoms with van der Waals surface area (Å²) in [6.45, 7) is 9.52. The molecule has 0 aliphatic rings. The minimum absolute atomic E-state index is 0.472. The Labute approximate surface area is 112 Å². The van der Waals surface area contributed by atoms with Crippen LogP contribution in [-0.2, 0) is 6.42 Å². The molecule has 0 saturated heterocycles. The van der Waals surface area contributed by atoms with Crippen LogP contribution in [0.3, 0.4) is 0 Å². The van der Waals surface area contributed by atoms with Crippen LogP contribution in [0.4, 0.5) is 0 Å². The molecule has 98 valence electrons. The van der Waals surface area contributed by atoms with Crippen molar-refractivity contribution >= 4 is 0 Å². The molecule has 1 aromatic carbocycles. The summed E-state index contributed by atoms with van der Waals surface area (Å²) in [5, 5.41) is 3.58. The van der Waals surface area contributed by atoms with Gasteiger partial charge in [0.15, 0.2) is 0 Å². The molecular formula is C17H25N. The average molecular weight is 243 g/mol. The largest absolute Gasteiger partial charge is 0.313 e. The number of benzene rings is 1. The molecule has 0 amide bonds.